The Labute approximate surface area is 62.4 Å². The lowest BCUT2D eigenvalue weighted by molar-refractivity contribution is 0.108. The van der Waals surface area contributed by atoms with Gasteiger partial charge in [0, 0.05) is 0 Å². The molecule has 0 radical (unpaired) electrons. The maximum Gasteiger partial charge on any atom is 0.280 e. The van der Waals surface area contributed by atoms with Crippen molar-refractivity contribution in [3.8, 4) is 0 Å². The molecular weight excluding hydrogens is 151 g/mol. The van der Waals surface area contributed by atoms with Crippen molar-refractivity contribution in [3.63, 3.8) is 0 Å². The van der Waals surface area contributed by atoms with Gasteiger partial charge in [-0.2, -0.15) is 0 Å². The standard InChI is InChI=1S/C6H7FN2O2/c1-6(2,7)5-9-8-4(3-10)11-5/h3H,1-2H3. The predicted octanol–water partition coefficient (Wildman–Crippen LogP) is 1.09. The van der Waals surface area contributed by atoms with Crippen LogP contribution in [0.5, 0.6) is 0 Å². The monoisotopic (exact) mass is 158 g/mol. The highest BCUT2D eigenvalue weighted by molar-refractivity contribution is 5.66. The van der Waals surface area contributed by atoms with Crippen LogP contribution in [-0.2, 0) is 5.67 Å². The van der Waals surface area contributed by atoms with E-state index in [1.165, 1.54) is 13.8 Å². The van der Waals surface area contributed by atoms with Gasteiger partial charge in [-0.1, -0.05) is 0 Å². The smallest absolute Gasteiger partial charge is 0.280 e. The topological polar surface area (TPSA) is 56.0 Å². The van der Waals surface area contributed by atoms with E-state index in [-0.39, 0.29) is 11.8 Å². The average Bonchev–Trinajstić information content (AvgIpc) is 2.32. The summed E-state index contributed by atoms with van der Waals surface area (Å²) < 4.78 is 17.6. The Bertz CT molecular complexity index is 264. The van der Waals surface area contributed by atoms with Crippen molar-refractivity contribution in [1.29, 1.82) is 0 Å². The van der Waals surface area contributed by atoms with Gasteiger partial charge in [-0.05, 0) is 13.8 Å². The number of aromatic nitrogens is 2. The van der Waals surface area contributed by atoms with Gasteiger partial charge in [0.2, 0.25) is 6.29 Å². The molecule has 0 saturated heterocycles. The predicted molar refractivity (Wildman–Crippen MR) is 33.8 cm³/mol. The molecule has 1 aromatic rings. The fourth-order valence-electron chi connectivity index (χ4n) is 0.522. The molecule has 0 unspecified atom stereocenters. The van der Waals surface area contributed by atoms with E-state index in [1.54, 1.807) is 0 Å². The fraction of sp³-hybridized carbons (Fsp3) is 0.500. The molecule has 4 nitrogen and oxygen atoms in total. The fourth-order valence-corrected chi connectivity index (χ4v) is 0.522. The molecule has 5 heteroatoms. The number of rotatable bonds is 2. The normalized spacial score (nSPS) is 11.5. The zero-order valence-corrected chi connectivity index (χ0v) is 6.17. The Morgan fingerprint density at radius 1 is 1.55 bits per heavy atom. The molecule has 0 bridgehead atoms. The number of carbonyl (C=O) groups excluding carboxylic acids is 1. The summed E-state index contributed by atoms with van der Waals surface area (Å²) >= 11 is 0. The van der Waals surface area contributed by atoms with Crippen LogP contribution in [0.1, 0.15) is 30.4 Å². The SMILES string of the molecule is CC(C)(F)c1nnc(C=O)o1. The van der Waals surface area contributed by atoms with Gasteiger partial charge in [-0.25, -0.2) is 4.39 Å². The lowest BCUT2D eigenvalue weighted by atomic mass is 10.2. The number of aldehydes is 1. The van der Waals surface area contributed by atoms with Gasteiger partial charge in [0.25, 0.3) is 11.8 Å². The summed E-state index contributed by atoms with van der Waals surface area (Å²) in [6.45, 7) is 2.55. The van der Waals surface area contributed by atoms with Crippen LogP contribution in [0.25, 0.3) is 0 Å². The number of hydrogen-bond donors (Lipinski definition) is 0. The molecular formula is C6H7FN2O2. The highest BCUT2D eigenvalue weighted by atomic mass is 19.1. The molecule has 0 fully saturated rings. The van der Waals surface area contributed by atoms with Crippen molar-refractivity contribution in [1.82, 2.24) is 10.2 Å². The Kier molecular flexibility index (Phi) is 1.72. The second-order valence-corrected chi connectivity index (χ2v) is 2.54. The first-order valence-corrected chi connectivity index (χ1v) is 3.02. The van der Waals surface area contributed by atoms with Crippen LogP contribution in [-0.4, -0.2) is 16.5 Å². The summed E-state index contributed by atoms with van der Waals surface area (Å²) in [6.07, 6.45) is 0.377. The van der Waals surface area contributed by atoms with Gasteiger partial charge < -0.3 is 4.42 Å². The highest BCUT2D eigenvalue weighted by Gasteiger charge is 2.25. The first kappa shape index (κ1) is 7.84. The number of nitrogens with zero attached hydrogens (tertiary/aromatic N) is 2. The number of carbonyl (C=O) groups is 1. The molecule has 0 atom stereocenters. The molecule has 0 N–H and O–H groups in total. The van der Waals surface area contributed by atoms with E-state index in [0.29, 0.717) is 6.29 Å². The third kappa shape index (κ3) is 1.60. The second-order valence-electron chi connectivity index (χ2n) is 2.54. The van der Waals surface area contributed by atoms with E-state index in [1.807, 2.05) is 0 Å². The van der Waals surface area contributed by atoms with Crippen molar-refractivity contribution in [2.45, 2.75) is 19.5 Å². The number of alkyl halides is 1. The van der Waals surface area contributed by atoms with Crippen molar-refractivity contribution < 1.29 is 13.6 Å². The molecule has 1 rings (SSSR count). The van der Waals surface area contributed by atoms with Crippen LogP contribution in [0, 0.1) is 0 Å². The van der Waals surface area contributed by atoms with Crippen LogP contribution in [0.4, 0.5) is 4.39 Å². The van der Waals surface area contributed by atoms with Crippen molar-refractivity contribution in [2.75, 3.05) is 0 Å². The van der Waals surface area contributed by atoms with Crippen LogP contribution >= 0.6 is 0 Å². The molecule has 1 heterocycles. The maximum absolute atomic E-state index is 13.0. The van der Waals surface area contributed by atoms with Crippen LogP contribution < -0.4 is 0 Å². The average molecular weight is 158 g/mol. The molecule has 60 valence electrons. The van der Waals surface area contributed by atoms with E-state index in [9.17, 15) is 9.18 Å². The summed E-state index contributed by atoms with van der Waals surface area (Å²) in [4.78, 5) is 10.0. The molecule has 0 saturated carbocycles. The first-order chi connectivity index (χ1) is 5.04. The van der Waals surface area contributed by atoms with E-state index in [0.717, 1.165) is 0 Å². The second kappa shape index (κ2) is 2.41. The maximum atomic E-state index is 13.0. The molecule has 0 aliphatic carbocycles. The van der Waals surface area contributed by atoms with Crippen molar-refractivity contribution in [3.05, 3.63) is 11.8 Å². The summed E-state index contributed by atoms with van der Waals surface area (Å²) in [5, 5.41) is 6.61. The molecule has 1 aromatic heterocycles. The van der Waals surface area contributed by atoms with E-state index in [2.05, 4.69) is 14.6 Å². The largest absolute Gasteiger partial charge is 0.415 e. The quantitative estimate of drug-likeness (QED) is 0.604. The van der Waals surface area contributed by atoms with Crippen LogP contribution in [0.2, 0.25) is 0 Å². The molecule has 0 aliphatic rings. The summed E-state index contributed by atoms with van der Waals surface area (Å²) in [5.74, 6) is -0.384. The Hall–Kier alpha value is -1.26. The van der Waals surface area contributed by atoms with Crippen LogP contribution in [0.3, 0.4) is 0 Å². The zero-order chi connectivity index (χ0) is 8.48. The van der Waals surface area contributed by atoms with Gasteiger partial charge in [0.05, 0.1) is 0 Å². The molecule has 0 aliphatic heterocycles. The Morgan fingerprint density at radius 2 is 2.18 bits per heavy atom. The molecule has 0 amide bonds. The molecule has 11 heavy (non-hydrogen) atoms. The minimum Gasteiger partial charge on any atom is -0.415 e. The Morgan fingerprint density at radius 3 is 2.45 bits per heavy atom. The number of halogens is 1. The van der Waals surface area contributed by atoms with Gasteiger partial charge in [-0.3, -0.25) is 4.79 Å². The first-order valence-electron chi connectivity index (χ1n) is 3.02. The Balaban J connectivity index is 2.98. The summed E-state index contributed by atoms with van der Waals surface area (Å²) in [7, 11) is 0. The minimum atomic E-state index is -1.69. The van der Waals surface area contributed by atoms with E-state index < -0.39 is 5.67 Å². The zero-order valence-electron chi connectivity index (χ0n) is 6.17. The van der Waals surface area contributed by atoms with Gasteiger partial charge >= 0.3 is 0 Å². The molecule has 0 spiro atoms. The summed E-state index contributed by atoms with van der Waals surface area (Å²) in [6, 6.07) is 0. The minimum absolute atomic E-state index is 0.181. The van der Waals surface area contributed by atoms with Crippen LogP contribution in [0.15, 0.2) is 4.42 Å². The van der Waals surface area contributed by atoms with E-state index in [4.69, 9.17) is 0 Å². The van der Waals surface area contributed by atoms with Crippen molar-refractivity contribution >= 4 is 6.29 Å². The third-order valence-corrected chi connectivity index (χ3v) is 1.05. The van der Waals surface area contributed by atoms with Crippen molar-refractivity contribution in [2.24, 2.45) is 0 Å². The van der Waals surface area contributed by atoms with Gasteiger partial charge in [-0.15, -0.1) is 10.2 Å². The third-order valence-electron chi connectivity index (χ3n) is 1.05. The lowest BCUT2D eigenvalue weighted by Gasteiger charge is -2.05. The lowest BCUT2D eigenvalue weighted by Crippen LogP contribution is -2.09. The molecule has 0 aromatic carbocycles. The van der Waals surface area contributed by atoms with Gasteiger partial charge in [0.15, 0.2) is 5.67 Å². The van der Waals surface area contributed by atoms with Gasteiger partial charge in [0.1, 0.15) is 0 Å². The number of hydrogen-bond acceptors (Lipinski definition) is 4. The highest BCUT2D eigenvalue weighted by Crippen LogP contribution is 2.21. The summed E-state index contributed by atoms with van der Waals surface area (Å²) in [5.41, 5.74) is -1.69. The van der Waals surface area contributed by atoms with E-state index >= 15 is 0 Å².